The fourth-order valence-electron chi connectivity index (χ4n) is 3.15. The third-order valence-electron chi connectivity index (χ3n) is 4.36. The Hall–Kier alpha value is -2.66. The Morgan fingerprint density at radius 3 is 2.83 bits per heavy atom. The number of oxazole rings is 1. The third-order valence-corrected chi connectivity index (χ3v) is 4.36. The fraction of sp³-hybridized carbons (Fsp3) is 0.263. The Bertz CT molecular complexity index is 851. The number of nitrogens with one attached hydrogen (secondary N) is 1. The second kappa shape index (κ2) is 6.45. The molecule has 2 aromatic heterocycles. The van der Waals surface area contributed by atoms with Crippen LogP contribution in [0.4, 0.5) is 5.82 Å². The molecule has 0 bridgehead atoms. The van der Waals surface area contributed by atoms with E-state index in [0.717, 1.165) is 53.2 Å². The average Bonchev–Trinajstić information content (AvgIpc) is 3.27. The number of anilines is 1. The first kappa shape index (κ1) is 14.9. The molecule has 3 aromatic rings. The molecule has 5 heteroatoms. The first-order valence-corrected chi connectivity index (χ1v) is 8.24. The molecule has 1 aliphatic rings. The first-order valence-electron chi connectivity index (χ1n) is 8.24. The molecule has 0 aliphatic carbocycles. The monoisotopic (exact) mass is 320 g/mol. The van der Waals surface area contributed by atoms with E-state index in [0.29, 0.717) is 0 Å². The lowest BCUT2D eigenvalue weighted by Gasteiger charge is -2.17. The molecule has 0 radical (unpaired) electrons. The first-order chi connectivity index (χ1) is 11.8. The van der Waals surface area contributed by atoms with E-state index in [-0.39, 0.29) is 0 Å². The maximum atomic E-state index is 5.38. The number of benzene rings is 1. The van der Waals surface area contributed by atoms with Crippen molar-refractivity contribution in [3.63, 3.8) is 0 Å². The summed E-state index contributed by atoms with van der Waals surface area (Å²) in [4.78, 5) is 10.9. The number of fused-ring (bicyclic) bond motifs is 1. The van der Waals surface area contributed by atoms with Gasteiger partial charge in [0.25, 0.3) is 0 Å². The zero-order chi connectivity index (χ0) is 16.4. The van der Waals surface area contributed by atoms with Crippen LogP contribution in [0.15, 0.2) is 59.7 Å². The molecule has 0 saturated carbocycles. The molecular weight excluding hydrogens is 300 g/mol. The van der Waals surface area contributed by atoms with Gasteiger partial charge >= 0.3 is 0 Å². The van der Waals surface area contributed by atoms with Crippen molar-refractivity contribution < 1.29 is 4.42 Å². The van der Waals surface area contributed by atoms with Crippen molar-refractivity contribution in [2.75, 3.05) is 25.0 Å². The number of nitrogens with zero attached hydrogens (tertiary/aromatic N) is 3. The van der Waals surface area contributed by atoms with E-state index in [9.17, 15) is 0 Å². The van der Waals surface area contributed by atoms with Crippen LogP contribution in [-0.4, -0.2) is 34.5 Å². The van der Waals surface area contributed by atoms with Crippen molar-refractivity contribution in [3.05, 3.63) is 55.3 Å². The van der Waals surface area contributed by atoms with Gasteiger partial charge in [-0.1, -0.05) is 18.7 Å². The summed E-state index contributed by atoms with van der Waals surface area (Å²) < 4.78 is 5.38. The van der Waals surface area contributed by atoms with E-state index in [1.807, 2.05) is 24.4 Å². The summed E-state index contributed by atoms with van der Waals surface area (Å²) in [5.74, 6) is 1.59. The van der Waals surface area contributed by atoms with Crippen molar-refractivity contribution in [2.24, 2.45) is 0 Å². The lowest BCUT2D eigenvalue weighted by atomic mass is 10.1. The minimum Gasteiger partial charge on any atom is -0.444 e. The third kappa shape index (κ3) is 3.16. The number of likely N-dealkylation sites (tertiary alicyclic amines) is 1. The van der Waals surface area contributed by atoms with Crippen LogP contribution in [0, 0.1) is 0 Å². The van der Waals surface area contributed by atoms with E-state index in [2.05, 4.69) is 32.8 Å². The van der Waals surface area contributed by atoms with Gasteiger partial charge in [-0.15, -0.1) is 0 Å². The van der Waals surface area contributed by atoms with Crippen molar-refractivity contribution in [1.29, 1.82) is 0 Å². The van der Waals surface area contributed by atoms with E-state index < -0.39 is 0 Å². The summed E-state index contributed by atoms with van der Waals surface area (Å²) in [5, 5.41) is 5.53. The maximum Gasteiger partial charge on any atom is 0.181 e. The molecule has 3 heterocycles. The summed E-state index contributed by atoms with van der Waals surface area (Å²) in [7, 11) is 0. The number of aromatic nitrogens is 2. The van der Waals surface area contributed by atoms with E-state index in [4.69, 9.17) is 4.42 Å². The van der Waals surface area contributed by atoms with Gasteiger partial charge in [-0.2, -0.15) is 0 Å². The van der Waals surface area contributed by atoms with Gasteiger partial charge in [-0.05, 0) is 43.5 Å². The second-order valence-electron chi connectivity index (χ2n) is 6.21. The molecule has 1 aliphatic heterocycles. The van der Waals surface area contributed by atoms with Crippen molar-refractivity contribution in [3.8, 4) is 11.3 Å². The highest BCUT2D eigenvalue weighted by atomic mass is 16.3. The predicted octanol–water partition coefficient (Wildman–Crippen LogP) is 3.91. The molecule has 4 rings (SSSR count). The Kier molecular flexibility index (Phi) is 4.01. The fourth-order valence-corrected chi connectivity index (χ4v) is 3.15. The summed E-state index contributed by atoms with van der Waals surface area (Å²) in [6.45, 7) is 7.33. The second-order valence-corrected chi connectivity index (χ2v) is 6.21. The van der Waals surface area contributed by atoms with Crippen LogP contribution in [0.2, 0.25) is 0 Å². The standard InChI is InChI=1S/C19H20N4O/c1-14(12-23-6-2-3-7-23)22-19-9-17-8-15(18-11-20-13-24-18)4-5-16(17)10-21-19/h4-5,8-11,13H,1-3,6-7,12H2,(H,21,22). The number of rotatable bonds is 5. The maximum absolute atomic E-state index is 5.38. The summed E-state index contributed by atoms with van der Waals surface area (Å²) in [5.41, 5.74) is 1.99. The highest BCUT2D eigenvalue weighted by Crippen LogP contribution is 2.25. The van der Waals surface area contributed by atoms with Crippen LogP contribution >= 0.6 is 0 Å². The van der Waals surface area contributed by atoms with E-state index in [1.165, 1.54) is 19.2 Å². The molecule has 24 heavy (non-hydrogen) atoms. The Morgan fingerprint density at radius 1 is 1.17 bits per heavy atom. The van der Waals surface area contributed by atoms with Gasteiger partial charge in [-0.25, -0.2) is 9.97 Å². The summed E-state index contributed by atoms with van der Waals surface area (Å²) in [6.07, 6.45) is 7.61. The quantitative estimate of drug-likeness (QED) is 0.772. The van der Waals surface area contributed by atoms with Crippen LogP contribution < -0.4 is 5.32 Å². The van der Waals surface area contributed by atoms with Crippen LogP contribution in [0.5, 0.6) is 0 Å². The molecule has 0 amide bonds. The van der Waals surface area contributed by atoms with Gasteiger partial charge in [0.05, 0.1) is 6.20 Å². The van der Waals surface area contributed by atoms with Crippen molar-refractivity contribution in [1.82, 2.24) is 14.9 Å². The van der Waals surface area contributed by atoms with Gasteiger partial charge < -0.3 is 9.73 Å². The van der Waals surface area contributed by atoms with E-state index >= 15 is 0 Å². The predicted molar refractivity (Wildman–Crippen MR) is 95.7 cm³/mol. The van der Waals surface area contributed by atoms with Crippen molar-refractivity contribution in [2.45, 2.75) is 12.8 Å². The Labute approximate surface area is 141 Å². The number of pyridine rings is 1. The minimum absolute atomic E-state index is 0.765. The molecule has 0 spiro atoms. The zero-order valence-electron chi connectivity index (χ0n) is 13.5. The molecule has 0 atom stereocenters. The lowest BCUT2D eigenvalue weighted by molar-refractivity contribution is 0.370. The van der Waals surface area contributed by atoms with E-state index in [1.54, 1.807) is 6.20 Å². The number of hydrogen-bond donors (Lipinski definition) is 1. The van der Waals surface area contributed by atoms with Gasteiger partial charge in [0.2, 0.25) is 0 Å². The number of hydrogen-bond acceptors (Lipinski definition) is 5. The molecule has 5 nitrogen and oxygen atoms in total. The average molecular weight is 320 g/mol. The molecule has 122 valence electrons. The lowest BCUT2D eigenvalue weighted by Crippen LogP contribution is -2.24. The normalized spacial score (nSPS) is 15.0. The molecular formula is C19H20N4O. The molecule has 0 unspecified atom stereocenters. The van der Waals surface area contributed by atoms with Crippen LogP contribution in [0.1, 0.15) is 12.8 Å². The van der Waals surface area contributed by atoms with Crippen LogP contribution in [0.25, 0.3) is 22.1 Å². The van der Waals surface area contributed by atoms with Gasteiger partial charge in [-0.3, -0.25) is 4.90 Å². The van der Waals surface area contributed by atoms with Gasteiger partial charge in [0.15, 0.2) is 12.2 Å². The van der Waals surface area contributed by atoms with Crippen LogP contribution in [-0.2, 0) is 0 Å². The highest BCUT2D eigenvalue weighted by molar-refractivity contribution is 5.87. The van der Waals surface area contributed by atoms with Gasteiger partial charge in [0, 0.05) is 29.4 Å². The SMILES string of the molecule is C=C(CN1CCCC1)Nc1cc2cc(-c3cnco3)ccc2cn1. The van der Waals surface area contributed by atoms with Gasteiger partial charge in [0.1, 0.15) is 5.82 Å². The topological polar surface area (TPSA) is 54.2 Å². The minimum atomic E-state index is 0.765. The Balaban J connectivity index is 1.54. The summed E-state index contributed by atoms with van der Waals surface area (Å²) >= 11 is 0. The molecule has 1 fully saturated rings. The van der Waals surface area contributed by atoms with Crippen LogP contribution in [0.3, 0.4) is 0 Å². The summed E-state index contributed by atoms with van der Waals surface area (Å²) in [6, 6.07) is 8.20. The molecule has 1 aromatic carbocycles. The highest BCUT2D eigenvalue weighted by Gasteiger charge is 2.12. The largest absolute Gasteiger partial charge is 0.444 e. The molecule has 1 N–H and O–H groups in total. The zero-order valence-corrected chi connectivity index (χ0v) is 13.5. The molecule has 1 saturated heterocycles. The Morgan fingerprint density at radius 2 is 2.04 bits per heavy atom. The smallest absolute Gasteiger partial charge is 0.181 e. The van der Waals surface area contributed by atoms with Crippen molar-refractivity contribution >= 4 is 16.6 Å².